The highest BCUT2D eigenvalue weighted by Gasteiger charge is 2.66. The van der Waals surface area contributed by atoms with Crippen LogP contribution in [0.1, 0.15) is 215 Å². The quantitative estimate of drug-likeness (QED) is 0.0790. The zero-order chi connectivity index (χ0) is 57.3. The molecule has 12 fully saturated rings. The van der Waals surface area contributed by atoms with E-state index in [-0.39, 0.29) is 70.6 Å². The molecule has 12 aliphatic carbocycles. The summed E-state index contributed by atoms with van der Waals surface area (Å²) in [6, 6.07) is 0. The van der Waals surface area contributed by atoms with E-state index >= 15 is 0 Å². The number of ether oxygens (including phenoxy) is 4. The molecule has 0 bridgehead atoms. The number of hydrogen-bond acceptors (Lipinski definition) is 11. The molecule has 80 heavy (non-hydrogen) atoms. The van der Waals surface area contributed by atoms with Crippen LogP contribution in [-0.4, -0.2) is 95.8 Å². The van der Waals surface area contributed by atoms with E-state index < -0.39 is 0 Å². The van der Waals surface area contributed by atoms with Crippen LogP contribution >= 0.6 is 0 Å². The number of terminal acetylenes is 1. The first-order chi connectivity index (χ1) is 38.0. The summed E-state index contributed by atoms with van der Waals surface area (Å²) in [6.45, 7) is 19.6. The van der Waals surface area contributed by atoms with Crippen LogP contribution in [0.25, 0.3) is 0 Å². The highest BCUT2D eigenvalue weighted by Crippen LogP contribution is 2.71. The molecule has 0 saturated heterocycles. The van der Waals surface area contributed by atoms with E-state index in [4.69, 9.17) is 25.4 Å². The molecule has 450 valence electrons. The average Bonchev–Trinajstić information content (AvgIpc) is 4.25. The van der Waals surface area contributed by atoms with E-state index in [0.29, 0.717) is 95.2 Å². The lowest BCUT2D eigenvalue weighted by Crippen LogP contribution is -2.60. The number of methoxy groups -OCH3 is 1. The number of esters is 3. The van der Waals surface area contributed by atoms with Crippen molar-refractivity contribution in [1.29, 1.82) is 0 Å². The van der Waals surface area contributed by atoms with Gasteiger partial charge in [-0.05, 0) is 265 Å². The Morgan fingerprint density at radius 2 is 1.01 bits per heavy atom. The fourth-order valence-electron chi connectivity index (χ4n) is 24.1. The highest BCUT2D eigenvalue weighted by atomic mass is 16.5. The van der Waals surface area contributed by atoms with Crippen molar-refractivity contribution in [2.75, 3.05) is 26.9 Å². The fraction of sp³-hybridized carbons (Fsp3) is 0.899. The monoisotopic (exact) mass is 1110 g/mol. The van der Waals surface area contributed by atoms with Gasteiger partial charge in [-0.3, -0.25) is 14.4 Å². The predicted octanol–water partition coefficient (Wildman–Crippen LogP) is 12.2. The van der Waals surface area contributed by atoms with Gasteiger partial charge in [-0.1, -0.05) is 34.3 Å². The van der Waals surface area contributed by atoms with Gasteiger partial charge in [0, 0.05) is 50.5 Å². The molecule has 25 atom stereocenters. The highest BCUT2D eigenvalue weighted by molar-refractivity contribution is 5.66. The van der Waals surface area contributed by atoms with Gasteiger partial charge in [0.25, 0.3) is 0 Å². The second-order valence-electron chi connectivity index (χ2n) is 30.7. The molecule has 12 saturated carbocycles. The topological polar surface area (TPSA) is 169 Å². The van der Waals surface area contributed by atoms with Crippen molar-refractivity contribution in [3.05, 3.63) is 12.2 Å². The van der Waals surface area contributed by atoms with Crippen molar-refractivity contribution in [3.63, 3.8) is 0 Å². The Kier molecular flexibility index (Phi) is 17.7. The number of carbonyl (C=O) groups excluding carboxylic acids is 3. The van der Waals surface area contributed by atoms with Crippen LogP contribution in [-0.2, 0) is 33.3 Å². The Labute approximate surface area is 482 Å². The summed E-state index contributed by atoms with van der Waals surface area (Å²) in [5.41, 5.74) is 1.96. The number of hydrogen-bond donors (Lipinski definition) is 4. The first-order valence-electron chi connectivity index (χ1n) is 32.8. The Balaban J connectivity index is 0.000000135. The predicted molar refractivity (Wildman–Crippen MR) is 309 cm³/mol. The molecular formula is C69H108O11. The van der Waals surface area contributed by atoms with Gasteiger partial charge < -0.3 is 39.4 Å². The van der Waals surface area contributed by atoms with E-state index in [1.807, 2.05) is 7.11 Å². The largest absolute Gasteiger partial charge is 0.465 e. The lowest BCUT2D eigenvalue weighted by molar-refractivity contribution is -0.196. The summed E-state index contributed by atoms with van der Waals surface area (Å²) in [7, 11) is 1.88. The average molecular weight is 1110 g/mol. The molecule has 0 aromatic heterocycles. The number of aliphatic hydroxyl groups is 4. The van der Waals surface area contributed by atoms with Gasteiger partial charge in [-0.25, -0.2) is 0 Å². The molecule has 12 aliphatic rings. The zero-order valence-electron chi connectivity index (χ0n) is 50.9. The summed E-state index contributed by atoms with van der Waals surface area (Å²) in [6.07, 6.45) is 34.3. The molecule has 0 aromatic rings. The SMILES string of the molecule is C#C[C@H]1CC[C@H]2[C@@H]3CC[C@H]4C[C@H](O)CC[C@]4(COC(C)=O)[C@H]3CC[C@]12C.C=C(CO)C1CC[C@H]2[C@@H]3CC[C@H]4C[C@H](O)CC[C@]4(C)[C@H]3[C@@H](OC(C)=O)C[C@]12C.CO[C@H]1CC[C@H]2[C@@H]3CC[C@H]4C[C@H](O)CC[C@]4(COC(C)=O)[C@H]3CC[C@]12C. The molecule has 0 heterocycles. The van der Waals surface area contributed by atoms with Gasteiger partial charge in [-0.2, -0.15) is 0 Å². The van der Waals surface area contributed by atoms with E-state index in [1.165, 1.54) is 117 Å². The van der Waals surface area contributed by atoms with Gasteiger partial charge >= 0.3 is 17.9 Å². The normalized spacial score (nSPS) is 50.3. The zero-order valence-corrected chi connectivity index (χ0v) is 50.9. The summed E-state index contributed by atoms with van der Waals surface area (Å²) in [5.74, 6) is 10.7. The molecule has 11 nitrogen and oxygen atoms in total. The van der Waals surface area contributed by atoms with Crippen molar-refractivity contribution >= 4 is 17.9 Å². The van der Waals surface area contributed by atoms with E-state index in [9.17, 15) is 34.8 Å². The van der Waals surface area contributed by atoms with Gasteiger partial charge in [0.1, 0.15) is 6.10 Å². The second-order valence-corrected chi connectivity index (χ2v) is 30.7. The molecule has 12 rings (SSSR count). The molecule has 0 aromatic carbocycles. The van der Waals surface area contributed by atoms with E-state index in [1.54, 1.807) is 0 Å². The van der Waals surface area contributed by atoms with Crippen LogP contribution in [0.4, 0.5) is 0 Å². The molecule has 0 aliphatic heterocycles. The third-order valence-corrected chi connectivity index (χ3v) is 27.7. The molecule has 4 N–H and O–H groups in total. The minimum absolute atomic E-state index is 0.0526. The maximum atomic E-state index is 12.1. The molecule has 11 heteroatoms. The van der Waals surface area contributed by atoms with E-state index in [0.717, 1.165) is 94.0 Å². The van der Waals surface area contributed by atoms with Gasteiger partial charge in [-0.15, -0.1) is 12.3 Å². The minimum atomic E-state index is -0.178. The summed E-state index contributed by atoms with van der Waals surface area (Å²) in [4.78, 5) is 35.3. The maximum absolute atomic E-state index is 12.1. The van der Waals surface area contributed by atoms with Crippen LogP contribution < -0.4 is 0 Å². The third kappa shape index (κ3) is 10.4. The Morgan fingerprint density at radius 1 is 0.537 bits per heavy atom. The Morgan fingerprint density at radius 3 is 1.55 bits per heavy atom. The van der Waals surface area contributed by atoms with Gasteiger partial charge in [0.2, 0.25) is 0 Å². The fourth-order valence-corrected chi connectivity index (χ4v) is 24.1. The summed E-state index contributed by atoms with van der Waals surface area (Å²) < 4.78 is 23.2. The van der Waals surface area contributed by atoms with Crippen LogP contribution in [0.2, 0.25) is 0 Å². The van der Waals surface area contributed by atoms with Crippen LogP contribution in [0, 0.1) is 128 Å². The Bertz CT molecular complexity index is 2290. The Hall–Kier alpha value is -2.49. The standard InChI is InChI=1S/C24H38O4.C23H34O3.C22H36O4/c1-14(13-25)19-7-8-20-18-6-5-16-11-17(27)9-10-23(16,3)22(18)21(28-15(2)26)12-24(19,20)4;1-4-16-6-8-20-19-7-5-17-13-18(25)9-12-23(17,14-26-15(2)24)21(19)10-11-22(16,20)3;1-14(23)26-13-22-11-8-16(24)12-15(22)4-5-17-18-6-7-20(25-3)21(18,2)10-9-19(17)22/h16-22,25,27H,1,5-13H2,2-4H3;1,16-21,25H,5-14H2,2-3H3;15-20,24H,4-13H2,1-3H3/t16-,17+,18-,19?,20-,21-,22+,23-,24+;16-,17-,18+,19-,20-,21-,22+,23+;15-,16+,17-,18-,19-,20-,21-,22+/m000/s1. The van der Waals surface area contributed by atoms with Crippen LogP contribution in [0.5, 0.6) is 0 Å². The van der Waals surface area contributed by atoms with Crippen LogP contribution in [0.15, 0.2) is 12.2 Å². The number of carbonyl (C=O) groups is 3. The van der Waals surface area contributed by atoms with Gasteiger partial charge in [0.15, 0.2) is 0 Å². The maximum Gasteiger partial charge on any atom is 0.302 e. The van der Waals surface area contributed by atoms with Crippen molar-refractivity contribution in [2.24, 2.45) is 115 Å². The molecule has 0 amide bonds. The molecule has 0 spiro atoms. The van der Waals surface area contributed by atoms with Crippen LogP contribution in [0.3, 0.4) is 0 Å². The lowest BCUT2D eigenvalue weighted by Gasteiger charge is -2.62. The third-order valence-electron chi connectivity index (χ3n) is 27.7. The summed E-state index contributed by atoms with van der Waals surface area (Å²) >= 11 is 0. The summed E-state index contributed by atoms with van der Waals surface area (Å²) in [5, 5.41) is 40.6. The number of fused-ring (bicyclic) bond motifs is 15. The van der Waals surface area contributed by atoms with Crippen molar-refractivity contribution in [2.45, 2.75) is 246 Å². The second kappa shape index (κ2) is 23.4. The molecular weight excluding hydrogens is 1000 g/mol. The lowest BCUT2D eigenvalue weighted by atomic mass is 9.43. The number of rotatable bonds is 8. The number of aliphatic hydroxyl groups excluding tert-OH is 4. The van der Waals surface area contributed by atoms with Crippen molar-refractivity contribution < 1.29 is 53.8 Å². The van der Waals surface area contributed by atoms with Crippen molar-refractivity contribution in [1.82, 2.24) is 0 Å². The first-order valence-corrected chi connectivity index (χ1v) is 32.8. The molecule has 0 radical (unpaired) electrons. The van der Waals surface area contributed by atoms with Crippen molar-refractivity contribution in [3.8, 4) is 12.3 Å². The van der Waals surface area contributed by atoms with E-state index in [2.05, 4.69) is 40.2 Å². The molecule has 1 unspecified atom stereocenters. The first kappa shape index (κ1) is 60.6. The minimum Gasteiger partial charge on any atom is -0.465 e. The van der Waals surface area contributed by atoms with Gasteiger partial charge in [0.05, 0.1) is 44.2 Å². The smallest absolute Gasteiger partial charge is 0.302 e.